The summed E-state index contributed by atoms with van der Waals surface area (Å²) in [5, 5.41) is 3.18. The molecule has 2 rings (SSSR count). The van der Waals surface area contributed by atoms with Crippen molar-refractivity contribution in [2.24, 2.45) is 0 Å². The first-order chi connectivity index (χ1) is 10.2. The monoisotopic (exact) mass is 283 g/mol. The zero-order chi connectivity index (χ0) is 15.1. The van der Waals surface area contributed by atoms with E-state index in [4.69, 9.17) is 11.2 Å². The highest BCUT2D eigenvalue weighted by molar-refractivity contribution is 5.89. The van der Waals surface area contributed by atoms with Gasteiger partial charge < -0.3 is 10.1 Å². The van der Waals surface area contributed by atoms with Crippen molar-refractivity contribution in [2.45, 2.75) is 6.54 Å². The van der Waals surface area contributed by atoms with Gasteiger partial charge in [0.2, 0.25) is 0 Å². The Hall–Kier alpha value is -2.80. The van der Waals surface area contributed by atoms with E-state index in [1.807, 2.05) is 0 Å². The number of hydrogen-bond donors (Lipinski definition) is 1. The molecular formula is C17H14FNO2. The molecule has 0 aliphatic carbocycles. The van der Waals surface area contributed by atoms with Crippen molar-refractivity contribution in [2.75, 3.05) is 11.9 Å². The summed E-state index contributed by atoms with van der Waals surface area (Å²) in [7, 11) is 0. The molecule has 0 saturated carbocycles. The second-order valence-corrected chi connectivity index (χ2v) is 4.34. The van der Waals surface area contributed by atoms with Crippen LogP contribution in [0.2, 0.25) is 0 Å². The van der Waals surface area contributed by atoms with Gasteiger partial charge in [0.25, 0.3) is 0 Å². The van der Waals surface area contributed by atoms with Crippen molar-refractivity contribution in [1.29, 1.82) is 0 Å². The summed E-state index contributed by atoms with van der Waals surface area (Å²) < 4.78 is 17.6. The van der Waals surface area contributed by atoms with Crippen molar-refractivity contribution in [3.8, 4) is 12.3 Å². The maximum atomic E-state index is 12.8. The molecule has 2 aromatic carbocycles. The number of rotatable bonds is 5. The molecule has 0 fully saturated rings. The molecule has 0 aromatic heterocycles. The van der Waals surface area contributed by atoms with Gasteiger partial charge in [-0.05, 0) is 42.0 Å². The molecule has 0 aliphatic heterocycles. The fourth-order valence-electron chi connectivity index (χ4n) is 1.72. The summed E-state index contributed by atoms with van der Waals surface area (Å²) in [6.45, 7) is 0.532. The van der Waals surface area contributed by atoms with Crippen LogP contribution in [0.25, 0.3) is 0 Å². The highest BCUT2D eigenvalue weighted by Crippen LogP contribution is 2.12. The number of esters is 1. The molecule has 3 nitrogen and oxygen atoms in total. The average molecular weight is 283 g/mol. The van der Waals surface area contributed by atoms with Gasteiger partial charge in [-0.25, -0.2) is 9.18 Å². The average Bonchev–Trinajstić information content (AvgIpc) is 2.52. The maximum Gasteiger partial charge on any atom is 0.339 e. The largest absolute Gasteiger partial charge is 0.449 e. The van der Waals surface area contributed by atoms with Gasteiger partial charge in [0.05, 0.1) is 5.56 Å². The molecule has 0 saturated heterocycles. The zero-order valence-electron chi connectivity index (χ0n) is 11.3. The van der Waals surface area contributed by atoms with Crippen LogP contribution in [0.5, 0.6) is 0 Å². The Morgan fingerprint density at radius 3 is 2.43 bits per heavy atom. The Kier molecular flexibility index (Phi) is 4.94. The second kappa shape index (κ2) is 7.11. The highest BCUT2D eigenvalue weighted by atomic mass is 19.1. The van der Waals surface area contributed by atoms with Gasteiger partial charge in [0.1, 0.15) is 5.82 Å². The predicted octanol–water partition coefficient (Wildman–Crippen LogP) is 3.23. The number of terminal acetylenes is 1. The molecule has 2 aromatic rings. The topological polar surface area (TPSA) is 38.3 Å². The van der Waals surface area contributed by atoms with Crippen LogP contribution in [0.15, 0.2) is 48.5 Å². The number of benzene rings is 2. The first-order valence-corrected chi connectivity index (χ1v) is 6.38. The van der Waals surface area contributed by atoms with E-state index in [1.165, 1.54) is 12.1 Å². The molecule has 1 N–H and O–H groups in total. The van der Waals surface area contributed by atoms with Gasteiger partial charge in [-0.3, -0.25) is 0 Å². The smallest absolute Gasteiger partial charge is 0.339 e. The molecule has 0 amide bonds. The van der Waals surface area contributed by atoms with Crippen LogP contribution in [-0.2, 0) is 11.3 Å². The number of nitrogens with one attached hydrogen (secondary N) is 1. The minimum absolute atomic E-state index is 0.0383. The summed E-state index contributed by atoms with van der Waals surface area (Å²) in [5.74, 6) is 1.54. The fraction of sp³-hybridized carbons (Fsp3) is 0.118. The molecule has 0 unspecified atom stereocenters. The molecular weight excluding hydrogens is 269 g/mol. The SMILES string of the molecule is C#CCOC(=O)c1ccc(NCc2ccc(F)cc2)cc1. The standard InChI is InChI=1S/C17H14FNO2/c1-2-11-21-17(20)14-5-9-16(10-6-14)19-12-13-3-7-15(18)8-4-13/h1,3-10,19H,11-12H2. The number of halogens is 1. The Morgan fingerprint density at radius 1 is 1.14 bits per heavy atom. The van der Waals surface area contributed by atoms with Gasteiger partial charge in [0.15, 0.2) is 6.61 Å². The van der Waals surface area contributed by atoms with Crippen molar-refractivity contribution in [3.05, 3.63) is 65.5 Å². The highest BCUT2D eigenvalue weighted by Gasteiger charge is 2.05. The van der Waals surface area contributed by atoms with Crippen molar-refractivity contribution in [1.82, 2.24) is 0 Å². The van der Waals surface area contributed by atoms with Crippen LogP contribution >= 0.6 is 0 Å². The van der Waals surface area contributed by atoms with Crippen LogP contribution in [0.1, 0.15) is 15.9 Å². The quantitative estimate of drug-likeness (QED) is 0.676. The van der Waals surface area contributed by atoms with Crippen molar-refractivity contribution >= 4 is 11.7 Å². The van der Waals surface area contributed by atoms with Gasteiger partial charge in [0, 0.05) is 12.2 Å². The van der Waals surface area contributed by atoms with E-state index in [1.54, 1.807) is 36.4 Å². The van der Waals surface area contributed by atoms with Crippen molar-refractivity contribution < 1.29 is 13.9 Å². The van der Waals surface area contributed by atoms with E-state index >= 15 is 0 Å². The Morgan fingerprint density at radius 2 is 1.81 bits per heavy atom. The minimum atomic E-state index is -0.446. The van der Waals surface area contributed by atoms with E-state index in [-0.39, 0.29) is 12.4 Å². The lowest BCUT2D eigenvalue weighted by Crippen LogP contribution is -2.05. The first-order valence-electron chi connectivity index (χ1n) is 6.38. The molecule has 106 valence electrons. The minimum Gasteiger partial charge on any atom is -0.449 e. The molecule has 0 heterocycles. The van der Waals surface area contributed by atoms with Crippen LogP contribution in [0, 0.1) is 18.2 Å². The Bertz CT molecular complexity index is 642. The van der Waals surface area contributed by atoms with E-state index in [2.05, 4.69) is 11.2 Å². The third kappa shape index (κ3) is 4.36. The number of anilines is 1. The van der Waals surface area contributed by atoms with Crippen LogP contribution < -0.4 is 5.32 Å². The molecule has 21 heavy (non-hydrogen) atoms. The predicted molar refractivity (Wildman–Crippen MR) is 79.3 cm³/mol. The maximum absolute atomic E-state index is 12.8. The molecule has 0 aliphatic rings. The van der Waals surface area contributed by atoms with Crippen LogP contribution in [0.3, 0.4) is 0 Å². The lowest BCUT2D eigenvalue weighted by molar-refractivity contribution is 0.0557. The number of carbonyl (C=O) groups is 1. The summed E-state index contributed by atoms with van der Waals surface area (Å²) in [6.07, 6.45) is 5.02. The lowest BCUT2D eigenvalue weighted by atomic mass is 10.2. The summed E-state index contributed by atoms with van der Waals surface area (Å²) in [5.41, 5.74) is 2.26. The molecule has 0 radical (unpaired) electrons. The molecule has 0 spiro atoms. The lowest BCUT2D eigenvalue weighted by Gasteiger charge is -2.07. The zero-order valence-corrected chi connectivity index (χ0v) is 11.3. The third-order valence-electron chi connectivity index (χ3n) is 2.82. The van der Waals surface area contributed by atoms with Gasteiger partial charge in [-0.15, -0.1) is 6.42 Å². The summed E-state index contributed by atoms with van der Waals surface area (Å²) in [4.78, 5) is 11.6. The van der Waals surface area contributed by atoms with Crippen LogP contribution in [-0.4, -0.2) is 12.6 Å². The third-order valence-corrected chi connectivity index (χ3v) is 2.82. The summed E-state index contributed by atoms with van der Waals surface area (Å²) in [6, 6.07) is 13.1. The number of carbonyl (C=O) groups excluding carboxylic acids is 1. The number of hydrogen-bond acceptors (Lipinski definition) is 3. The van der Waals surface area contributed by atoms with Crippen molar-refractivity contribution in [3.63, 3.8) is 0 Å². The fourth-order valence-corrected chi connectivity index (χ4v) is 1.72. The van der Waals surface area contributed by atoms with E-state index in [0.717, 1.165) is 11.3 Å². The normalized spacial score (nSPS) is 9.71. The molecule has 0 atom stereocenters. The Labute approximate surface area is 122 Å². The van der Waals surface area contributed by atoms with Gasteiger partial charge >= 0.3 is 5.97 Å². The first kappa shape index (κ1) is 14.6. The number of ether oxygens (including phenoxy) is 1. The summed E-state index contributed by atoms with van der Waals surface area (Å²) >= 11 is 0. The van der Waals surface area contributed by atoms with E-state index in [9.17, 15) is 9.18 Å². The van der Waals surface area contributed by atoms with Crippen LogP contribution in [0.4, 0.5) is 10.1 Å². The molecule has 0 bridgehead atoms. The van der Waals surface area contributed by atoms with Gasteiger partial charge in [-0.1, -0.05) is 18.1 Å². The van der Waals surface area contributed by atoms with E-state index < -0.39 is 5.97 Å². The van der Waals surface area contributed by atoms with Gasteiger partial charge in [-0.2, -0.15) is 0 Å². The van der Waals surface area contributed by atoms with E-state index in [0.29, 0.717) is 12.1 Å². The molecule has 4 heteroatoms. The second-order valence-electron chi connectivity index (χ2n) is 4.34. The Balaban J connectivity index is 1.92.